The molecule has 1 aliphatic rings. The van der Waals surface area contributed by atoms with Gasteiger partial charge in [0.1, 0.15) is 18.8 Å². The number of carboxylic acids is 1. The predicted molar refractivity (Wildman–Crippen MR) is 72.8 cm³/mol. The van der Waals surface area contributed by atoms with Crippen molar-refractivity contribution in [3.8, 4) is 0 Å². The first-order chi connectivity index (χ1) is 9.68. The minimum atomic E-state index is -1.05. The van der Waals surface area contributed by atoms with Crippen molar-refractivity contribution in [3.63, 3.8) is 0 Å². The molecule has 21 heavy (non-hydrogen) atoms. The van der Waals surface area contributed by atoms with E-state index in [0.717, 1.165) is 0 Å². The molecular weight excluding hydrogens is 280 g/mol. The van der Waals surface area contributed by atoms with Gasteiger partial charge in [0.15, 0.2) is 0 Å². The number of hydrogen-bond donors (Lipinski definition) is 1. The molecular formula is C13H22N2O6. The van der Waals surface area contributed by atoms with Crippen LogP contribution in [-0.4, -0.2) is 77.9 Å². The van der Waals surface area contributed by atoms with Crippen LogP contribution in [0.25, 0.3) is 0 Å². The van der Waals surface area contributed by atoms with Crippen LogP contribution < -0.4 is 0 Å². The molecule has 1 heterocycles. The van der Waals surface area contributed by atoms with E-state index in [1.807, 2.05) is 0 Å². The molecule has 0 unspecified atom stereocenters. The van der Waals surface area contributed by atoms with Gasteiger partial charge in [0, 0.05) is 6.04 Å². The van der Waals surface area contributed by atoms with Crippen LogP contribution in [0.4, 0.5) is 4.79 Å². The zero-order valence-corrected chi connectivity index (χ0v) is 12.8. The molecule has 0 aromatic carbocycles. The van der Waals surface area contributed by atoms with E-state index >= 15 is 0 Å². The third-order valence-corrected chi connectivity index (χ3v) is 3.26. The van der Waals surface area contributed by atoms with E-state index in [9.17, 15) is 14.4 Å². The molecule has 2 amide bonds. The summed E-state index contributed by atoms with van der Waals surface area (Å²) in [6, 6.07) is -0.435. The van der Waals surface area contributed by atoms with Gasteiger partial charge in [-0.25, -0.2) is 9.59 Å². The number of rotatable bonds is 6. The van der Waals surface area contributed by atoms with Gasteiger partial charge in [0.2, 0.25) is 0 Å². The lowest BCUT2D eigenvalue weighted by molar-refractivity contribution is -0.160. The Hall–Kier alpha value is -1.83. The van der Waals surface area contributed by atoms with Crippen molar-refractivity contribution < 1.29 is 29.0 Å². The minimum Gasteiger partial charge on any atom is -0.480 e. The number of carbonyl (C=O) groups is 3. The molecule has 0 spiro atoms. The molecule has 0 bridgehead atoms. The molecule has 0 aromatic heterocycles. The Kier molecular flexibility index (Phi) is 5.54. The van der Waals surface area contributed by atoms with E-state index in [-0.39, 0.29) is 18.6 Å². The molecule has 0 aromatic rings. The first-order valence-electron chi connectivity index (χ1n) is 6.66. The van der Waals surface area contributed by atoms with Gasteiger partial charge in [-0.2, -0.15) is 0 Å². The van der Waals surface area contributed by atoms with Crippen LogP contribution in [-0.2, 0) is 19.1 Å². The zero-order valence-electron chi connectivity index (χ0n) is 12.8. The average molecular weight is 302 g/mol. The van der Waals surface area contributed by atoms with Gasteiger partial charge in [-0.15, -0.1) is 0 Å². The highest BCUT2D eigenvalue weighted by Crippen LogP contribution is 2.26. The summed E-state index contributed by atoms with van der Waals surface area (Å²) in [6.45, 7) is 5.44. The number of hydrogen-bond acceptors (Lipinski definition) is 5. The summed E-state index contributed by atoms with van der Waals surface area (Å²) >= 11 is 0. The van der Waals surface area contributed by atoms with Crippen LogP contribution in [0.2, 0.25) is 0 Å². The number of aliphatic carboxylic acids is 1. The van der Waals surface area contributed by atoms with Crippen LogP contribution in [0, 0.1) is 0 Å². The first kappa shape index (κ1) is 17.2. The molecule has 0 aliphatic carbocycles. The largest absolute Gasteiger partial charge is 0.480 e. The number of likely N-dealkylation sites (tertiary alicyclic amines) is 1. The molecule has 120 valence electrons. The molecule has 0 radical (unpaired) electrons. The second kappa shape index (κ2) is 6.75. The van der Waals surface area contributed by atoms with Gasteiger partial charge in [-0.3, -0.25) is 4.79 Å². The Labute approximate surface area is 123 Å². The minimum absolute atomic E-state index is 0.115. The van der Waals surface area contributed by atoms with Crippen LogP contribution in [0.5, 0.6) is 0 Å². The highest BCUT2D eigenvalue weighted by atomic mass is 16.5. The Bertz CT molecular complexity index is 417. The van der Waals surface area contributed by atoms with Gasteiger partial charge in [0.05, 0.1) is 20.2 Å². The average Bonchev–Trinajstić information content (AvgIpc) is 2.37. The van der Waals surface area contributed by atoms with E-state index < -0.39 is 24.1 Å². The fourth-order valence-corrected chi connectivity index (χ4v) is 2.08. The number of methoxy groups -OCH3 is 1. The van der Waals surface area contributed by atoms with Gasteiger partial charge >= 0.3 is 18.0 Å². The zero-order chi connectivity index (χ0) is 16.2. The Morgan fingerprint density at radius 2 is 1.90 bits per heavy atom. The number of ether oxygens (including phenoxy) is 2. The van der Waals surface area contributed by atoms with Crippen LogP contribution in [0.1, 0.15) is 20.8 Å². The monoisotopic (exact) mass is 302 g/mol. The molecule has 0 saturated carbocycles. The van der Waals surface area contributed by atoms with Crippen molar-refractivity contribution in [3.05, 3.63) is 0 Å². The molecule has 1 aliphatic heterocycles. The van der Waals surface area contributed by atoms with Crippen molar-refractivity contribution in [2.75, 3.05) is 33.4 Å². The Morgan fingerprint density at radius 1 is 1.33 bits per heavy atom. The summed E-state index contributed by atoms with van der Waals surface area (Å²) in [4.78, 5) is 37.1. The lowest BCUT2D eigenvalue weighted by atomic mass is 9.97. The second-order valence-electron chi connectivity index (χ2n) is 5.57. The molecule has 1 N–H and O–H groups in total. The Morgan fingerprint density at radius 3 is 2.33 bits per heavy atom. The van der Waals surface area contributed by atoms with E-state index in [0.29, 0.717) is 13.1 Å². The fraction of sp³-hybridized carbons (Fsp3) is 0.769. The standard InChI is InChI=1S/C13H22N2O6/c1-9(2)15(5-11(18)20-4)12(19)14-7-13(3,8-14)21-6-10(16)17/h9H,5-8H2,1-4H3,(H,16,17). The lowest BCUT2D eigenvalue weighted by Gasteiger charge is -2.48. The molecule has 8 nitrogen and oxygen atoms in total. The van der Waals surface area contributed by atoms with Crippen molar-refractivity contribution in [1.29, 1.82) is 0 Å². The summed E-state index contributed by atoms with van der Waals surface area (Å²) in [5.74, 6) is -1.53. The third kappa shape index (κ3) is 4.59. The summed E-state index contributed by atoms with van der Waals surface area (Å²) in [5, 5.41) is 8.59. The van der Waals surface area contributed by atoms with Gasteiger partial charge < -0.3 is 24.4 Å². The topological polar surface area (TPSA) is 96.4 Å². The molecule has 8 heteroatoms. The number of urea groups is 1. The van der Waals surface area contributed by atoms with Crippen molar-refractivity contribution in [2.24, 2.45) is 0 Å². The van der Waals surface area contributed by atoms with E-state index in [1.165, 1.54) is 16.9 Å². The summed E-state index contributed by atoms with van der Waals surface area (Å²) < 4.78 is 9.82. The first-order valence-corrected chi connectivity index (χ1v) is 6.66. The van der Waals surface area contributed by atoms with Gasteiger partial charge in [-0.1, -0.05) is 0 Å². The highest BCUT2D eigenvalue weighted by Gasteiger charge is 2.44. The maximum absolute atomic E-state index is 12.3. The lowest BCUT2D eigenvalue weighted by Crippen LogP contribution is -2.66. The van der Waals surface area contributed by atoms with Gasteiger partial charge in [-0.05, 0) is 20.8 Å². The molecule has 0 atom stereocenters. The smallest absolute Gasteiger partial charge is 0.329 e. The highest BCUT2D eigenvalue weighted by molar-refractivity contribution is 5.82. The maximum Gasteiger partial charge on any atom is 0.329 e. The van der Waals surface area contributed by atoms with Crippen molar-refractivity contribution in [2.45, 2.75) is 32.4 Å². The van der Waals surface area contributed by atoms with Gasteiger partial charge in [0.25, 0.3) is 0 Å². The van der Waals surface area contributed by atoms with Crippen molar-refractivity contribution >= 4 is 18.0 Å². The number of carbonyl (C=O) groups excluding carboxylic acids is 2. The summed E-state index contributed by atoms with van der Waals surface area (Å²) in [5.41, 5.74) is -0.651. The normalized spacial score (nSPS) is 16.3. The predicted octanol–water partition coefficient (Wildman–Crippen LogP) is 0.165. The fourth-order valence-electron chi connectivity index (χ4n) is 2.08. The third-order valence-electron chi connectivity index (χ3n) is 3.26. The van der Waals surface area contributed by atoms with Crippen LogP contribution >= 0.6 is 0 Å². The summed E-state index contributed by atoms with van der Waals surface area (Å²) in [7, 11) is 1.27. The maximum atomic E-state index is 12.3. The number of carboxylic acid groups (broad SMARTS) is 1. The number of amides is 2. The van der Waals surface area contributed by atoms with Crippen LogP contribution in [0.3, 0.4) is 0 Å². The second-order valence-corrected chi connectivity index (χ2v) is 5.57. The van der Waals surface area contributed by atoms with E-state index in [1.54, 1.807) is 20.8 Å². The molecule has 1 saturated heterocycles. The quantitative estimate of drug-likeness (QED) is 0.702. The SMILES string of the molecule is COC(=O)CN(C(=O)N1CC(C)(OCC(=O)O)C1)C(C)C. The number of esters is 1. The van der Waals surface area contributed by atoms with E-state index in [4.69, 9.17) is 9.84 Å². The summed E-state index contributed by atoms with van der Waals surface area (Å²) in [6.07, 6.45) is 0. The molecule has 1 rings (SSSR count). The Balaban J connectivity index is 2.55. The van der Waals surface area contributed by atoms with E-state index in [2.05, 4.69) is 4.74 Å². The number of nitrogens with zero attached hydrogens (tertiary/aromatic N) is 2. The van der Waals surface area contributed by atoms with Crippen LogP contribution in [0.15, 0.2) is 0 Å². The van der Waals surface area contributed by atoms with Crippen molar-refractivity contribution in [1.82, 2.24) is 9.80 Å². The molecule has 1 fully saturated rings.